The number of ether oxygens (including phenoxy) is 1. The number of carbonyl (C=O) groups excluding carboxylic acids is 2. The van der Waals surface area contributed by atoms with Gasteiger partial charge in [0.25, 0.3) is 5.91 Å². The van der Waals surface area contributed by atoms with Crippen LogP contribution in [0.4, 0.5) is 0 Å². The second-order valence-electron chi connectivity index (χ2n) is 4.40. The number of hydrogen-bond donors (Lipinski definition) is 1. The lowest BCUT2D eigenvalue weighted by Gasteiger charge is -2.08. The minimum atomic E-state index is -0.520. The maximum absolute atomic E-state index is 12.1. The Morgan fingerprint density at radius 1 is 1.14 bits per heavy atom. The summed E-state index contributed by atoms with van der Waals surface area (Å²) >= 11 is 0. The minimum Gasteiger partial charge on any atom is -0.465 e. The minimum absolute atomic E-state index is 0.263. The molecule has 0 aliphatic heterocycles. The van der Waals surface area contributed by atoms with E-state index < -0.39 is 5.97 Å². The molecule has 1 N–H and O–H groups in total. The molecule has 21 heavy (non-hydrogen) atoms. The summed E-state index contributed by atoms with van der Waals surface area (Å²) in [6, 6.07) is 10.4. The maximum Gasteiger partial charge on any atom is 0.338 e. The van der Waals surface area contributed by atoms with Crippen LogP contribution in [0.1, 0.15) is 26.3 Å². The van der Waals surface area contributed by atoms with E-state index in [1.807, 2.05) is 12.1 Å². The molecule has 0 aliphatic carbocycles. The van der Waals surface area contributed by atoms with Crippen molar-refractivity contribution >= 4 is 11.9 Å². The molecule has 0 unspecified atom stereocenters. The summed E-state index contributed by atoms with van der Waals surface area (Å²) in [5.41, 5.74) is 1.62. The first-order chi connectivity index (χ1) is 10.2. The van der Waals surface area contributed by atoms with Crippen LogP contribution in [0.15, 0.2) is 48.8 Å². The summed E-state index contributed by atoms with van der Waals surface area (Å²) in [6.07, 6.45) is 4.14. The molecule has 2 rings (SSSR count). The number of nitrogens with one attached hydrogen (secondary N) is 1. The zero-order valence-corrected chi connectivity index (χ0v) is 11.7. The van der Waals surface area contributed by atoms with Gasteiger partial charge >= 0.3 is 5.97 Å². The van der Waals surface area contributed by atoms with E-state index in [0.29, 0.717) is 18.5 Å². The molecule has 1 aromatic heterocycles. The summed E-state index contributed by atoms with van der Waals surface area (Å²) in [6.45, 7) is 0.472. The number of carbonyl (C=O) groups is 2. The predicted octanol–water partition coefficient (Wildman–Crippen LogP) is 1.84. The van der Waals surface area contributed by atoms with E-state index in [9.17, 15) is 9.59 Å². The van der Waals surface area contributed by atoms with E-state index >= 15 is 0 Å². The number of rotatable bonds is 5. The molecule has 108 valence electrons. The SMILES string of the molecule is COC(=O)c1ccccc1C(=O)NCCc1cccnc1. The molecule has 5 heteroatoms. The number of methoxy groups -OCH3 is 1. The van der Waals surface area contributed by atoms with Crippen LogP contribution in [0.3, 0.4) is 0 Å². The second kappa shape index (κ2) is 7.19. The summed E-state index contributed by atoms with van der Waals surface area (Å²) in [4.78, 5) is 27.8. The summed E-state index contributed by atoms with van der Waals surface area (Å²) in [5.74, 6) is -0.812. The molecule has 0 aliphatic rings. The smallest absolute Gasteiger partial charge is 0.338 e. The fourth-order valence-electron chi connectivity index (χ4n) is 1.93. The van der Waals surface area contributed by atoms with Gasteiger partial charge in [0.05, 0.1) is 18.2 Å². The van der Waals surface area contributed by atoms with Crippen LogP contribution in [0, 0.1) is 0 Å². The van der Waals surface area contributed by atoms with Crippen molar-refractivity contribution in [3.63, 3.8) is 0 Å². The maximum atomic E-state index is 12.1. The van der Waals surface area contributed by atoms with Crippen molar-refractivity contribution in [2.75, 3.05) is 13.7 Å². The fraction of sp³-hybridized carbons (Fsp3) is 0.188. The van der Waals surface area contributed by atoms with E-state index in [2.05, 4.69) is 15.0 Å². The Labute approximate surface area is 123 Å². The molecule has 1 amide bonds. The van der Waals surface area contributed by atoms with Gasteiger partial charge in [0.1, 0.15) is 0 Å². The standard InChI is InChI=1S/C16H16N2O3/c1-21-16(20)14-7-3-2-6-13(14)15(19)18-10-8-12-5-4-9-17-11-12/h2-7,9,11H,8,10H2,1H3,(H,18,19). The van der Waals surface area contributed by atoms with Crippen molar-refractivity contribution in [1.82, 2.24) is 10.3 Å². The number of aromatic nitrogens is 1. The molecule has 0 saturated heterocycles. The molecule has 0 atom stereocenters. The molecule has 5 nitrogen and oxygen atoms in total. The highest BCUT2D eigenvalue weighted by Gasteiger charge is 2.16. The van der Waals surface area contributed by atoms with Crippen LogP contribution in [-0.4, -0.2) is 30.5 Å². The van der Waals surface area contributed by atoms with Crippen molar-refractivity contribution < 1.29 is 14.3 Å². The third kappa shape index (κ3) is 3.89. The van der Waals surface area contributed by atoms with Gasteiger partial charge in [-0.2, -0.15) is 0 Å². The average molecular weight is 284 g/mol. The van der Waals surface area contributed by atoms with Crippen molar-refractivity contribution in [3.8, 4) is 0 Å². The molecule has 0 fully saturated rings. The average Bonchev–Trinajstić information content (AvgIpc) is 2.55. The zero-order valence-electron chi connectivity index (χ0n) is 11.7. The largest absolute Gasteiger partial charge is 0.465 e. The van der Waals surface area contributed by atoms with Gasteiger partial charge in [0.15, 0.2) is 0 Å². The molecule has 1 aromatic carbocycles. The molecule has 0 spiro atoms. The highest BCUT2D eigenvalue weighted by Crippen LogP contribution is 2.10. The zero-order chi connectivity index (χ0) is 15.1. The molecule has 0 bridgehead atoms. The van der Waals surface area contributed by atoms with Gasteiger partial charge in [-0.3, -0.25) is 9.78 Å². The lowest BCUT2D eigenvalue weighted by Crippen LogP contribution is -2.27. The molecule has 2 aromatic rings. The lowest BCUT2D eigenvalue weighted by molar-refractivity contribution is 0.0596. The summed E-state index contributed by atoms with van der Waals surface area (Å²) in [5, 5.41) is 2.79. The summed E-state index contributed by atoms with van der Waals surface area (Å²) < 4.78 is 4.67. The van der Waals surface area contributed by atoms with Gasteiger partial charge in [-0.05, 0) is 30.2 Å². The van der Waals surface area contributed by atoms with Crippen molar-refractivity contribution in [2.45, 2.75) is 6.42 Å². The van der Waals surface area contributed by atoms with E-state index in [1.165, 1.54) is 7.11 Å². The number of nitrogens with zero attached hydrogens (tertiary/aromatic N) is 1. The first-order valence-corrected chi connectivity index (χ1v) is 6.57. The highest BCUT2D eigenvalue weighted by molar-refractivity contribution is 6.05. The third-order valence-electron chi connectivity index (χ3n) is 3.00. The van der Waals surface area contributed by atoms with Crippen LogP contribution in [0.25, 0.3) is 0 Å². The van der Waals surface area contributed by atoms with E-state index in [4.69, 9.17) is 0 Å². The van der Waals surface area contributed by atoms with Crippen LogP contribution >= 0.6 is 0 Å². The van der Waals surface area contributed by atoms with Gasteiger partial charge in [-0.25, -0.2) is 4.79 Å². The Balaban J connectivity index is 1.99. The second-order valence-corrected chi connectivity index (χ2v) is 4.40. The monoisotopic (exact) mass is 284 g/mol. The molecule has 0 radical (unpaired) electrons. The number of esters is 1. The normalized spacial score (nSPS) is 9.95. The van der Waals surface area contributed by atoms with Gasteiger partial charge in [0, 0.05) is 18.9 Å². The van der Waals surface area contributed by atoms with Gasteiger partial charge in [-0.15, -0.1) is 0 Å². The Hall–Kier alpha value is -2.69. The van der Waals surface area contributed by atoms with Crippen LogP contribution in [-0.2, 0) is 11.2 Å². The number of hydrogen-bond acceptors (Lipinski definition) is 4. The Morgan fingerprint density at radius 2 is 1.90 bits per heavy atom. The quantitative estimate of drug-likeness (QED) is 0.851. The fourth-order valence-corrected chi connectivity index (χ4v) is 1.93. The highest BCUT2D eigenvalue weighted by atomic mass is 16.5. The number of benzene rings is 1. The van der Waals surface area contributed by atoms with Crippen molar-refractivity contribution in [1.29, 1.82) is 0 Å². The predicted molar refractivity (Wildman–Crippen MR) is 78.1 cm³/mol. The third-order valence-corrected chi connectivity index (χ3v) is 3.00. The number of amides is 1. The lowest BCUT2D eigenvalue weighted by atomic mass is 10.1. The molecule has 1 heterocycles. The van der Waals surface area contributed by atoms with Crippen LogP contribution in [0.2, 0.25) is 0 Å². The summed E-state index contributed by atoms with van der Waals surface area (Å²) in [7, 11) is 1.29. The van der Waals surface area contributed by atoms with Gasteiger partial charge < -0.3 is 10.1 Å². The Kier molecular flexibility index (Phi) is 5.04. The van der Waals surface area contributed by atoms with Crippen molar-refractivity contribution in [2.24, 2.45) is 0 Å². The van der Waals surface area contributed by atoms with E-state index in [1.54, 1.807) is 36.7 Å². The first kappa shape index (κ1) is 14.7. The molecule has 0 saturated carbocycles. The first-order valence-electron chi connectivity index (χ1n) is 6.57. The molecular weight excluding hydrogens is 268 g/mol. The van der Waals surface area contributed by atoms with Crippen LogP contribution < -0.4 is 5.32 Å². The Bertz CT molecular complexity index is 626. The Morgan fingerprint density at radius 3 is 2.57 bits per heavy atom. The van der Waals surface area contributed by atoms with E-state index in [-0.39, 0.29) is 11.5 Å². The van der Waals surface area contributed by atoms with Gasteiger partial charge in [-0.1, -0.05) is 18.2 Å². The van der Waals surface area contributed by atoms with Crippen molar-refractivity contribution in [3.05, 3.63) is 65.5 Å². The van der Waals surface area contributed by atoms with Gasteiger partial charge in [0.2, 0.25) is 0 Å². The molecular formula is C16H16N2O3. The number of pyridine rings is 1. The topological polar surface area (TPSA) is 68.3 Å². The van der Waals surface area contributed by atoms with Crippen LogP contribution in [0.5, 0.6) is 0 Å². The van der Waals surface area contributed by atoms with E-state index in [0.717, 1.165) is 5.56 Å².